The molecule has 1 heterocycles. The summed E-state index contributed by atoms with van der Waals surface area (Å²) in [4.78, 5) is 3.33. The molecule has 3 heteroatoms. The number of nitriles is 1. The van der Waals surface area contributed by atoms with Crippen LogP contribution in [0.25, 0.3) is 10.9 Å². The summed E-state index contributed by atoms with van der Waals surface area (Å²) in [6.07, 6.45) is 3.38. The number of benzene rings is 1. The molecule has 0 bridgehead atoms. The fourth-order valence-corrected chi connectivity index (χ4v) is 2.93. The number of nitrogens with zero attached hydrogens (tertiary/aromatic N) is 1. The van der Waals surface area contributed by atoms with Crippen LogP contribution in [0.15, 0.2) is 24.4 Å². The summed E-state index contributed by atoms with van der Waals surface area (Å²) >= 11 is 0. The second-order valence-corrected chi connectivity index (χ2v) is 6.27. The van der Waals surface area contributed by atoms with E-state index < -0.39 is 0 Å². The third kappa shape index (κ3) is 2.57. The fourth-order valence-electron chi connectivity index (χ4n) is 2.93. The summed E-state index contributed by atoms with van der Waals surface area (Å²) < 4.78 is 0. The number of aromatic nitrogens is 1. The molecule has 1 aromatic heterocycles. The quantitative estimate of drug-likeness (QED) is 0.872. The van der Waals surface area contributed by atoms with Crippen molar-refractivity contribution in [2.45, 2.75) is 26.2 Å². The molecular formula is C17H21N3. The number of aromatic amines is 1. The number of fused-ring (bicyclic) bond motifs is 1. The van der Waals surface area contributed by atoms with Crippen molar-refractivity contribution in [1.29, 1.82) is 5.26 Å². The lowest BCUT2D eigenvalue weighted by molar-refractivity contribution is 0.533. The summed E-state index contributed by atoms with van der Waals surface area (Å²) in [6, 6.07) is 8.12. The molecule has 1 aliphatic carbocycles. The van der Waals surface area contributed by atoms with E-state index in [-0.39, 0.29) is 0 Å². The van der Waals surface area contributed by atoms with Gasteiger partial charge in [0.1, 0.15) is 0 Å². The molecule has 1 fully saturated rings. The minimum absolute atomic E-state index is 0.650. The van der Waals surface area contributed by atoms with E-state index in [4.69, 9.17) is 5.26 Å². The van der Waals surface area contributed by atoms with Crippen molar-refractivity contribution < 1.29 is 0 Å². The first-order valence-corrected chi connectivity index (χ1v) is 7.41. The summed E-state index contributed by atoms with van der Waals surface area (Å²) in [6.45, 7) is 6.67. The highest BCUT2D eigenvalue weighted by Gasteiger charge is 2.39. The van der Waals surface area contributed by atoms with Crippen molar-refractivity contribution in [3.63, 3.8) is 0 Å². The Morgan fingerprint density at radius 2 is 2.30 bits per heavy atom. The average Bonchev–Trinajstić information content (AvgIpc) is 3.07. The second-order valence-electron chi connectivity index (χ2n) is 6.27. The van der Waals surface area contributed by atoms with E-state index in [0.717, 1.165) is 30.1 Å². The third-order valence-corrected chi connectivity index (χ3v) is 4.12. The van der Waals surface area contributed by atoms with Crippen molar-refractivity contribution >= 4 is 10.9 Å². The topological polar surface area (TPSA) is 51.6 Å². The van der Waals surface area contributed by atoms with E-state index in [1.165, 1.54) is 17.4 Å². The first kappa shape index (κ1) is 13.2. The van der Waals surface area contributed by atoms with Crippen LogP contribution >= 0.6 is 0 Å². The number of rotatable bonds is 5. The van der Waals surface area contributed by atoms with Gasteiger partial charge in [0.05, 0.1) is 11.6 Å². The average molecular weight is 267 g/mol. The minimum Gasteiger partial charge on any atom is -0.361 e. The maximum atomic E-state index is 9.03. The van der Waals surface area contributed by atoms with Gasteiger partial charge in [-0.1, -0.05) is 13.8 Å². The summed E-state index contributed by atoms with van der Waals surface area (Å²) in [5.74, 6) is 2.11. The first-order chi connectivity index (χ1) is 9.69. The fraction of sp³-hybridized carbons (Fsp3) is 0.471. The number of hydrogen-bond acceptors (Lipinski definition) is 2. The van der Waals surface area contributed by atoms with Gasteiger partial charge in [0.15, 0.2) is 0 Å². The Hall–Kier alpha value is -1.79. The zero-order valence-corrected chi connectivity index (χ0v) is 12.1. The maximum absolute atomic E-state index is 9.03. The molecule has 3 nitrogen and oxygen atoms in total. The van der Waals surface area contributed by atoms with Crippen LogP contribution in [0, 0.1) is 23.2 Å². The van der Waals surface area contributed by atoms with Crippen LogP contribution in [0.1, 0.15) is 37.3 Å². The summed E-state index contributed by atoms with van der Waals surface area (Å²) in [5, 5.41) is 13.8. The molecule has 0 unspecified atom stereocenters. The Kier molecular flexibility index (Phi) is 3.50. The van der Waals surface area contributed by atoms with Crippen LogP contribution in [0.2, 0.25) is 0 Å². The monoisotopic (exact) mass is 267 g/mol. The van der Waals surface area contributed by atoms with Crippen molar-refractivity contribution in [2.75, 3.05) is 13.1 Å². The Labute approximate surface area is 120 Å². The Morgan fingerprint density at radius 1 is 1.45 bits per heavy atom. The second kappa shape index (κ2) is 5.30. The molecule has 0 aliphatic heterocycles. The smallest absolute Gasteiger partial charge is 0.0991 e. The van der Waals surface area contributed by atoms with Gasteiger partial charge in [-0.2, -0.15) is 5.26 Å². The van der Waals surface area contributed by atoms with Crippen LogP contribution < -0.4 is 5.32 Å². The van der Waals surface area contributed by atoms with Crippen LogP contribution in [0.4, 0.5) is 0 Å². The van der Waals surface area contributed by atoms with E-state index >= 15 is 0 Å². The van der Waals surface area contributed by atoms with Crippen LogP contribution in [0.5, 0.6) is 0 Å². The molecule has 1 aliphatic rings. The van der Waals surface area contributed by atoms with Gasteiger partial charge in [0.2, 0.25) is 0 Å². The lowest BCUT2D eigenvalue weighted by Crippen LogP contribution is -2.22. The number of hydrogen-bond donors (Lipinski definition) is 2. The zero-order valence-electron chi connectivity index (χ0n) is 12.1. The normalized spacial score (nSPS) is 21.3. The van der Waals surface area contributed by atoms with Crippen LogP contribution in [-0.2, 0) is 0 Å². The highest BCUT2D eigenvalue weighted by atomic mass is 14.9. The summed E-state index contributed by atoms with van der Waals surface area (Å²) in [5.41, 5.74) is 3.27. The number of nitrogens with one attached hydrogen (secondary N) is 2. The molecule has 2 N–H and O–H groups in total. The van der Waals surface area contributed by atoms with Gasteiger partial charge in [-0.25, -0.2) is 0 Å². The molecule has 3 rings (SSSR count). The predicted molar refractivity (Wildman–Crippen MR) is 81.6 cm³/mol. The maximum Gasteiger partial charge on any atom is 0.0991 e. The van der Waals surface area contributed by atoms with Gasteiger partial charge in [0, 0.05) is 17.1 Å². The van der Waals surface area contributed by atoms with Crippen LogP contribution in [-0.4, -0.2) is 18.1 Å². The molecule has 1 saturated carbocycles. The molecule has 1 aromatic carbocycles. The van der Waals surface area contributed by atoms with Crippen molar-refractivity contribution in [3.8, 4) is 6.07 Å². The molecule has 104 valence electrons. The van der Waals surface area contributed by atoms with Gasteiger partial charge >= 0.3 is 0 Å². The van der Waals surface area contributed by atoms with Crippen molar-refractivity contribution in [3.05, 3.63) is 35.5 Å². The minimum atomic E-state index is 0.650. The lowest BCUT2D eigenvalue weighted by Gasteiger charge is -2.06. The van der Waals surface area contributed by atoms with E-state index in [2.05, 4.69) is 36.4 Å². The zero-order chi connectivity index (χ0) is 14.1. The Balaban J connectivity index is 1.71. The van der Waals surface area contributed by atoms with E-state index in [1.54, 1.807) is 0 Å². The van der Waals surface area contributed by atoms with Crippen molar-refractivity contribution in [1.82, 2.24) is 10.3 Å². The van der Waals surface area contributed by atoms with Gasteiger partial charge in [-0.05, 0) is 61.0 Å². The SMILES string of the molecule is CC(C)CNC[C@@H]1C[C@H]1c1c[nH]c2ccc(C#N)cc12. The van der Waals surface area contributed by atoms with Gasteiger partial charge in [-0.3, -0.25) is 0 Å². The van der Waals surface area contributed by atoms with E-state index in [1.807, 2.05) is 18.2 Å². The van der Waals surface area contributed by atoms with Crippen molar-refractivity contribution in [2.24, 2.45) is 11.8 Å². The molecule has 0 spiro atoms. The molecule has 2 aromatic rings. The molecule has 0 radical (unpaired) electrons. The van der Waals surface area contributed by atoms with E-state index in [0.29, 0.717) is 11.8 Å². The third-order valence-electron chi connectivity index (χ3n) is 4.12. The van der Waals surface area contributed by atoms with Gasteiger partial charge in [0.25, 0.3) is 0 Å². The summed E-state index contributed by atoms with van der Waals surface area (Å²) in [7, 11) is 0. The molecule has 0 amide bonds. The molecular weight excluding hydrogens is 246 g/mol. The van der Waals surface area contributed by atoms with E-state index in [9.17, 15) is 0 Å². The van der Waals surface area contributed by atoms with Crippen LogP contribution in [0.3, 0.4) is 0 Å². The highest BCUT2D eigenvalue weighted by Crippen LogP contribution is 2.49. The predicted octanol–water partition coefficient (Wildman–Crippen LogP) is 3.39. The van der Waals surface area contributed by atoms with Gasteiger partial charge < -0.3 is 10.3 Å². The molecule has 2 atom stereocenters. The highest BCUT2D eigenvalue weighted by molar-refractivity contribution is 5.85. The first-order valence-electron chi connectivity index (χ1n) is 7.41. The number of H-pyrrole nitrogens is 1. The largest absolute Gasteiger partial charge is 0.361 e. The molecule has 20 heavy (non-hydrogen) atoms. The van der Waals surface area contributed by atoms with Gasteiger partial charge in [-0.15, -0.1) is 0 Å². The molecule has 0 saturated heterocycles. The lowest BCUT2D eigenvalue weighted by atomic mass is 10.1. The Bertz CT molecular complexity index is 648. The Morgan fingerprint density at radius 3 is 3.05 bits per heavy atom. The standard InChI is InChI=1S/C17H21N3/c1-11(2)8-19-9-13-6-14(13)16-10-20-17-4-3-12(7-18)5-15(16)17/h3-5,10-11,13-14,19-20H,6,8-9H2,1-2H3/t13-,14+/m0/s1.